The molecule has 4 nitrogen and oxygen atoms in total. The molecule has 0 radical (unpaired) electrons. The van der Waals surface area contributed by atoms with E-state index in [1.54, 1.807) is 4.57 Å². The number of hydrogen-bond acceptors (Lipinski definition) is 3. The molecule has 0 saturated heterocycles. The maximum atomic E-state index is 13.7. The first kappa shape index (κ1) is 11.2. The van der Waals surface area contributed by atoms with Crippen LogP contribution in [0.4, 0.5) is 13.2 Å². The zero-order chi connectivity index (χ0) is 12.7. The van der Waals surface area contributed by atoms with Crippen molar-refractivity contribution >= 4 is 0 Å². The van der Waals surface area contributed by atoms with Crippen molar-refractivity contribution in [3.63, 3.8) is 0 Å². The molecule has 0 spiro atoms. The standard InChI is InChI=1S/C11H9F3N4/c12-6-3-7(13)10(8(14)4-6)11-17-16-9-5-15-1-2-18(9)11/h3-4,15H,1-2,5H2. The van der Waals surface area contributed by atoms with Gasteiger partial charge in [0.2, 0.25) is 0 Å². The van der Waals surface area contributed by atoms with E-state index in [1.165, 1.54) is 0 Å². The summed E-state index contributed by atoms with van der Waals surface area (Å²) in [4.78, 5) is 0. The van der Waals surface area contributed by atoms with Gasteiger partial charge < -0.3 is 9.88 Å². The number of nitrogens with zero attached hydrogens (tertiary/aromatic N) is 3. The molecule has 0 aliphatic carbocycles. The SMILES string of the molecule is Fc1cc(F)c(-c2nnc3n2CCNC3)c(F)c1. The van der Waals surface area contributed by atoms with Crippen LogP contribution in [0.3, 0.4) is 0 Å². The van der Waals surface area contributed by atoms with Crippen molar-refractivity contribution in [2.45, 2.75) is 13.1 Å². The molecule has 1 aromatic heterocycles. The molecule has 1 aliphatic heterocycles. The zero-order valence-electron chi connectivity index (χ0n) is 9.25. The maximum absolute atomic E-state index is 13.7. The molecular weight excluding hydrogens is 245 g/mol. The molecule has 0 bridgehead atoms. The van der Waals surface area contributed by atoms with E-state index in [4.69, 9.17) is 0 Å². The van der Waals surface area contributed by atoms with E-state index in [-0.39, 0.29) is 11.4 Å². The van der Waals surface area contributed by atoms with Crippen molar-refractivity contribution in [1.82, 2.24) is 20.1 Å². The Balaban J connectivity index is 2.18. The number of fused-ring (bicyclic) bond motifs is 1. The lowest BCUT2D eigenvalue weighted by Gasteiger charge is -2.16. The summed E-state index contributed by atoms with van der Waals surface area (Å²) >= 11 is 0. The number of nitrogens with one attached hydrogen (secondary N) is 1. The Kier molecular flexibility index (Phi) is 2.55. The minimum Gasteiger partial charge on any atom is -0.308 e. The first-order chi connectivity index (χ1) is 8.66. The van der Waals surface area contributed by atoms with Crippen molar-refractivity contribution in [3.8, 4) is 11.4 Å². The van der Waals surface area contributed by atoms with Crippen LogP contribution in [-0.2, 0) is 13.1 Å². The van der Waals surface area contributed by atoms with Crippen molar-refractivity contribution in [1.29, 1.82) is 0 Å². The average Bonchev–Trinajstić information content (AvgIpc) is 2.72. The monoisotopic (exact) mass is 254 g/mol. The van der Waals surface area contributed by atoms with Gasteiger partial charge in [-0.3, -0.25) is 0 Å². The first-order valence-electron chi connectivity index (χ1n) is 5.44. The zero-order valence-corrected chi connectivity index (χ0v) is 9.25. The van der Waals surface area contributed by atoms with Gasteiger partial charge in [-0.15, -0.1) is 10.2 Å². The van der Waals surface area contributed by atoms with E-state index in [0.717, 1.165) is 0 Å². The number of benzene rings is 1. The van der Waals surface area contributed by atoms with Gasteiger partial charge >= 0.3 is 0 Å². The molecule has 2 heterocycles. The Hall–Kier alpha value is -1.89. The Morgan fingerprint density at radius 1 is 1.11 bits per heavy atom. The van der Waals surface area contributed by atoms with Crippen molar-refractivity contribution in [3.05, 3.63) is 35.4 Å². The van der Waals surface area contributed by atoms with Gasteiger partial charge in [0, 0.05) is 25.2 Å². The molecule has 0 amide bonds. The predicted molar refractivity (Wildman–Crippen MR) is 57.0 cm³/mol. The van der Waals surface area contributed by atoms with Gasteiger partial charge in [0.15, 0.2) is 5.82 Å². The average molecular weight is 254 g/mol. The molecule has 0 unspecified atom stereocenters. The number of rotatable bonds is 1. The molecule has 1 N–H and O–H groups in total. The third kappa shape index (κ3) is 1.67. The van der Waals surface area contributed by atoms with E-state index in [9.17, 15) is 13.2 Å². The van der Waals surface area contributed by atoms with Gasteiger partial charge in [0.1, 0.15) is 23.3 Å². The molecule has 18 heavy (non-hydrogen) atoms. The van der Waals surface area contributed by atoms with Crippen LogP contribution >= 0.6 is 0 Å². The lowest BCUT2D eigenvalue weighted by molar-refractivity contribution is 0.503. The molecule has 7 heteroatoms. The lowest BCUT2D eigenvalue weighted by atomic mass is 10.1. The van der Waals surface area contributed by atoms with Crippen LogP contribution in [0.25, 0.3) is 11.4 Å². The highest BCUT2D eigenvalue weighted by molar-refractivity contribution is 5.57. The van der Waals surface area contributed by atoms with Gasteiger partial charge in [-0.05, 0) is 0 Å². The summed E-state index contributed by atoms with van der Waals surface area (Å²) in [7, 11) is 0. The van der Waals surface area contributed by atoms with Crippen LogP contribution in [0, 0.1) is 17.5 Å². The molecule has 0 fully saturated rings. The smallest absolute Gasteiger partial charge is 0.170 e. The lowest BCUT2D eigenvalue weighted by Crippen LogP contribution is -2.28. The highest BCUT2D eigenvalue weighted by Crippen LogP contribution is 2.26. The summed E-state index contributed by atoms with van der Waals surface area (Å²) in [6, 6.07) is 1.28. The highest BCUT2D eigenvalue weighted by atomic mass is 19.1. The molecule has 94 valence electrons. The fraction of sp³-hybridized carbons (Fsp3) is 0.273. The Labute approximate surface area is 100 Å². The van der Waals surface area contributed by atoms with Crippen LogP contribution in [0.15, 0.2) is 12.1 Å². The summed E-state index contributed by atoms with van der Waals surface area (Å²) < 4.78 is 41.8. The second-order valence-corrected chi connectivity index (χ2v) is 4.01. The van der Waals surface area contributed by atoms with Crippen molar-refractivity contribution in [2.75, 3.05) is 6.54 Å². The van der Waals surface area contributed by atoms with Crippen molar-refractivity contribution < 1.29 is 13.2 Å². The minimum atomic E-state index is -0.971. The number of hydrogen-bond donors (Lipinski definition) is 1. The highest BCUT2D eigenvalue weighted by Gasteiger charge is 2.22. The van der Waals surface area contributed by atoms with E-state index in [1.807, 2.05) is 0 Å². The molecule has 3 rings (SSSR count). The van der Waals surface area contributed by atoms with Gasteiger partial charge in [-0.1, -0.05) is 0 Å². The van der Waals surface area contributed by atoms with Gasteiger partial charge in [-0.25, -0.2) is 13.2 Å². The third-order valence-electron chi connectivity index (χ3n) is 2.85. The van der Waals surface area contributed by atoms with Gasteiger partial charge in [0.05, 0.1) is 12.1 Å². The van der Waals surface area contributed by atoms with Gasteiger partial charge in [-0.2, -0.15) is 0 Å². The molecular formula is C11H9F3N4. The predicted octanol–water partition coefficient (Wildman–Crippen LogP) is 1.47. The topological polar surface area (TPSA) is 42.7 Å². The summed E-state index contributed by atoms with van der Waals surface area (Å²) in [5.74, 6) is -2.18. The Morgan fingerprint density at radius 3 is 2.56 bits per heavy atom. The largest absolute Gasteiger partial charge is 0.308 e. The molecule has 2 aromatic rings. The van der Waals surface area contributed by atoms with E-state index in [2.05, 4.69) is 15.5 Å². The molecule has 1 aliphatic rings. The van der Waals surface area contributed by atoms with Gasteiger partial charge in [0.25, 0.3) is 0 Å². The second kappa shape index (κ2) is 4.09. The van der Waals surface area contributed by atoms with E-state index in [0.29, 0.717) is 37.6 Å². The van der Waals surface area contributed by atoms with Crippen molar-refractivity contribution in [2.24, 2.45) is 0 Å². The Morgan fingerprint density at radius 2 is 1.83 bits per heavy atom. The molecule has 1 aromatic carbocycles. The maximum Gasteiger partial charge on any atom is 0.170 e. The number of halogens is 3. The minimum absolute atomic E-state index is 0.0986. The summed E-state index contributed by atoms with van der Waals surface area (Å²) in [5, 5.41) is 10.7. The van der Waals surface area contributed by atoms with Crippen LogP contribution in [0.1, 0.15) is 5.82 Å². The number of aromatic nitrogens is 3. The van der Waals surface area contributed by atoms with Crippen LogP contribution in [-0.4, -0.2) is 21.3 Å². The molecule has 0 saturated carbocycles. The normalized spacial score (nSPS) is 14.6. The van der Waals surface area contributed by atoms with E-state index < -0.39 is 17.5 Å². The summed E-state index contributed by atoms with van der Waals surface area (Å²) in [6.07, 6.45) is 0. The van der Waals surface area contributed by atoms with Crippen LogP contribution in [0.2, 0.25) is 0 Å². The van der Waals surface area contributed by atoms with Crippen LogP contribution < -0.4 is 5.32 Å². The fourth-order valence-electron chi connectivity index (χ4n) is 2.03. The molecule has 0 atom stereocenters. The third-order valence-corrected chi connectivity index (χ3v) is 2.85. The summed E-state index contributed by atoms with van der Waals surface area (Å²) in [6.45, 7) is 1.69. The van der Waals surface area contributed by atoms with E-state index >= 15 is 0 Å². The summed E-state index contributed by atoms with van der Waals surface area (Å²) in [5.41, 5.74) is -0.336. The second-order valence-electron chi connectivity index (χ2n) is 4.01. The van der Waals surface area contributed by atoms with Crippen LogP contribution in [0.5, 0.6) is 0 Å². The Bertz CT molecular complexity index is 585. The first-order valence-corrected chi connectivity index (χ1v) is 5.44. The quantitative estimate of drug-likeness (QED) is 0.838. The fourth-order valence-corrected chi connectivity index (χ4v) is 2.03.